The molecule has 0 atom stereocenters. The fraction of sp³-hybridized carbons (Fsp3) is 0.250. The van der Waals surface area contributed by atoms with Gasteiger partial charge in [0.1, 0.15) is 5.75 Å². The van der Waals surface area contributed by atoms with Gasteiger partial charge in [-0.05, 0) is 17.2 Å². The summed E-state index contributed by atoms with van der Waals surface area (Å²) in [6.07, 6.45) is 0. The predicted molar refractivity (Wildman–Crippen MR) is 77.1 cm³/mol. The number of nitrogens with one attached hydrogen (secondary N) is 1. The third-order valence-corrected chi connectivity index (χ3v) is 3.42. The summed E-state index contributed by atoms with van der Waals surface area (Å²) in [6.45, 7) is 1.46. The Bertz CT molecular complexity index is 625. The van der Waals surface area contributed by atoms with E-state index in [4.69, 9.17) is 14.6 Å². The first-order chi connectivity index (χ1) is 10.3. The van der Waals surface area contributed by atoms with Gasteiger partial charge < -0.3 is 25.0 Å². The maximum atomic E-state index is 9.94. The van der Waals surface area contributed by atoms with E-state index >= 15 is 0 Å². The number of phenols is 1. The van der Waals surface area contributed by atoms with Crippen LogP contribution in [0.1, 0.15) is 16.7 Å². The van der Waals surface area contributed by atoms with Crippen LogP contribution in [0, 0.1) is 0 Å². The number of hydrogen-bond acceptors (Lipinski definition) is 5. The van der Waals surface area contributed by atoms with Crippen LogP contribution in [0.3, 0.4) is 0 Å². The molecule has 5 heteroatoms. The molecule has 0 bridgehead atoms. The minimum Gasteiger partial charge on any atom is -0.507 e. The molecule has 0 amide bonds. The molecule has 0 aliphatic carbocycles. The number of aliphatic hydroxyl groups is 1. The van der Waals surface area contributed by atoms with Crippen LogP contribution in [-0.2, 0) is 19.7 Å². The molecular weight excluding hydrogens is 270 g/mol. The van der Waals surface area contributed by atoms with E-state index in [1.54, 1.807) is 12.1 Å². The Morgan fingerprint density at radius 2 is 1.62 bits per heavy atom. The largest absolute Gasteiger partial charge is 0.507 e. The van der Waals surface area contributed by atoms with Crippen molar-refractivity contribution in [2.75, 3.05) is 6.79 Å². The zero-order valence-corrected chi connectivity index (χ0v) is 11.5. The lowest BCUT2D eigenvalue weighted by atomic mass is 10.1. The Kier molecular flexibility index (Phi) is 3.94. The van der Waals surface area contributed by atoms with Gasteiger partial charge in [0, 0.05) is 24.7 Å². The number of benzene rings is 2. The average molecular weight is 287 g/mol. The fourth-order valence-corrected chi connectivity index (χ4v) is 2.22. The SMILES string of the molecule is OCc1ccc(CNCc2cc3c(cc2O)OCO3)cc1. The number of hydrogen-bond donors (Lipinski definition) is 3. The Balaban J connectivity index is 1.60. The standard InChI is InChI=1S/C16H17NO4/c18-9-12-3-1-11(2-4-12)7-17-8-13-5-15-16(6-14(13)19)21-10-20-15/h1-6,17-19H,7-10H2. The van der Waals surface area contributed by atoms with Crippen molar-refractivity contribution < 1.29 is 19.7 Å². The van der Waals surface area contributed by atoms with Gasteiger partial charge in [-0.1, -0.05) is 24.3 Å². The first-order valence-corrected chi connectivity index (χ1v) is 6.77. The molecule has 110 valence electrons. The third-order valence-electron chi connectivity index (χ3n) is 3.42. The van der Waals surface area contributed by atoms with Gasteiger partial charge >= 0.3 is 0 Å². The third kappa shape index (κ3) is 3.09. The van der Waals surface area contributed by atoms with Crippen LogP contribution in [0.4, 0.5) is 0 Å². The number of phenolic OH excluding ortho intramolecular Hbond substituents is 1. The summed E-state index contributed by atoms with van der Waals surface area (Å²) in [5, 5.41) is 22.2. The second-order valence-corrected chi connectivity index (χ2v) is 4.91. The van der Waals surface area contributed by atoms with Crippen LogP contribution >= 0.6 is 0 Å². The monoisotopic (exact) mass is 287 g/mol. The Morgan fingerprint density at radius 1 is 0.952 bits per heavy atom. The van der Waals surface area contributed by atoms with Gasteiger partial charge in [-0.25, -0.2) is 0 Å². The van der Waals surface area contributed by atoms with E-state index in [-0.39, 0.29) is 19.1 Å². The van der Waals surface area contributed by atoms with E-state index in [0.29, 0.717) is 24.6 Å². The number of aliphatic hydroxyl groups excluding tert-OH is 1. The number of ether oxygens (including phenoxy) is 2. The van der Waals surface area contributed by atoms with Crippen LogP contribution in [0.25, 0.3) is 0 Å². The molecule has 21 heavy (non-hydrogen) atoms. The summed E-state index contributed by atoms with van der Waals surface area (Å²) >= 11 is 0. The quantitative estimate of drug-likeness (QED) is 0.783. The van der Waals surface area contributed by atoms with Gasteiger partial charge in [0.25, 0.3) is 0 Å². The molecule has 2 aromatic rings. The van der Waals surface area contributed by atoms with Crippen molar-refractivity contribution in [2.45, 2.75) is 19.7 Å². The number of aromatic hydroxyl groups is 1. The topological polar surface area (TPSA) is 71.0 Å². The predicted octanol–water partition coefficient (Wildman–Crippen LogP) is 1.90. The summed E-state index contributed by atoms with van der Waals surface area (Å²) in [4.78, 5) is 0. The van der Waals surface area contributed by atoms with Gasteiger partial charge in [0.05, 0.1) is 6.61 Å². The fourth-order valence-electron chi connectivity index (χ4n) is 2.22. The van der Waals surface area contributed by atoms with Crippen molar-refractivity contribution in [3.05, 3.63) is 53.1 Å². The molecule has 3 N–H and O–H groups in total. The zero-order valence-electron chi connectivity index (χ0n) is 11.5. The molecule has 3 rings (SSSR count). The van der Waals surface area contributed by atoms with Crippen LogP contribution in [0.15, 0.2) is 36.4 Å². The molecule has 0 radical (unpaired) electrons. The molecule has 0 spiro atoms. The molecule has 0 saturated carbocycles. The van der Waals surface area contributed by atoms with E-state index in [1.165, 1.54) is 0 Å². The van der Waals surface area contributed by atoms with Crippen molar-refractivity contribution >= 4 is 0 Å². The van der Waals surface area contributed by atoms with Gasteiger partial charge in [0.15, 0.2) is 11.5 Å². The van der Waals surface area contributed by atoms with Crippen molar-refractivity contribution in [3.8, 4) is 17.2 Å². The molecule has 5 nitrogen and oxygen atoms in total. The van der Waals surface area contributed by atoms with Crippen LogP contribution in [0.5, 0.6) is 17.2 Å². The highest BCUT2D eigenvalue weighted by atomic mass is 16.7. The van der Waals surface area contributed by atoms with Crippen molar-refractivity contribution in [2.24, 2.45) is 0 Å². The molecular formula is C16H17NO4. The molecule has 1 aliphatic rings. The smallest absolute Gasteiger partial charge is 0.231 e. The van der Waals surface area contributed by atoms with Gasteiger partial charge in [-0.3, -0.25) is 0 Å². The van der Waals surface area contributed by atoms with E-state index < -0.39 is 0 Å². The van der Waals surface area contributed by atoms with Gasteiger partial charge in [-0.2, -0.15) is 0 Å². The summed E-state index contributed by atoms with van der Waals surface area (Å²) in [7, 11) is 0. The van der Waals surface area contributed by atoms with Crippen LogP contribution < -0.4 is 14.8 Å². The highest BCUT2D eigenvalue weighted by molar-refractivity contribution is 5.51. The normalized spacial score (nSPS) is 12.6. The Labute approximate surface area is 122 Å². The summed E-state index contributed by atoms with van der Waals surface area (Å²) in [5.41, 5.74) is 2.78. The second-order valence-electron chi connectivity index (χ2n) is 4.91. The summed E-state index contributed by atoms with van der Waals surface area (Å²) in [5.74, 6) is 1.44. The molecule has 0 unspecified atom stereocenters. The Hall–Kier alpha value is -2.24. The van der Waals surface area contributed by atoms with Gasteiger partial charge in [0.2, 0.25) is 6.79 Å². The lowest BCUT2D eigenvalue weighted by Crippen LogP contribution is -2.12. The zero-order chi connectivity index (χ0) is 14.7. The first kappa shape index (κ1) is 13.7. The molecule has 0 saturated heterocycles. The van der Waals surface area contributed by atoms with Crippen molar-refractivity contribution in [1.29, 1.82) is 0 Å². The van der Waals surface area contributed by atoms with E-state index in [2.05, 4.69) is 5.32 Å². The maximum absolute atomic E-state index is 9.94. The highest BCUT2D eigenvalue weighted by Crippen LogP contribution is 2.37. The first-order valence-electron chi connectivity index (χ1n) is 6.77. The second kappa shape index (κ2) is 6.03. The van der Waals surface area contributed by atoms with Gasteiger partial charge in [-0.15, -0.1) is 0 Å². The molecule has 1 heterocycles. The lowest BCUT2D eigenvalue weighted by Gasteiger charge is -2.08. The van der Waals surface area contributed by atoms with E-state index in [9.17, 15) is 5.11 Å². The van der Waals surface area contributed by atoms with Crippen LogP contribution in [-0.4, -0.2) is 17.0 Å². The van der Waals surface area contributed by atoms with E-state index in [0.717, 1.165) is 16.7 Å². The van der Waals surface area contributed by atoms with Crippen molar-refractivity contribution in [1.82, 2.24) is 5.32 Å². The molecule has 0 aromatic heterocycles. The number of fused-ring (bicyclic) bond motifs is 1. The summed E-state index contributed by atoms with van der Waals surface area (Å²) < 4.78 is 10.5. The van der Waals surface area contributed by atoms with Crippen LogP contribution in [0.2, 0.25) is 0 Å². The van der Waals surface area contributed by atoms with Crippen molar-refractivity contribution in [3.63, 3.8) is 0 Å². The summed E-state index contributed by atoms with van der Waals surface area (Å²) in [6, 6.07) is 11.1. The lowest BCUT2D eigenvalue weighted by molar-refractivity contribution is 0.174. The number of rotatable bonds is 5. The van der Waals surface area contributed by atoms with E-state index in [1.807, 2.05) is 24.3 Å². The average Bonchev–Trinajstić information content (AvgIpc) is 2.95. The molecule has 1 aliphatic heterocycles. The minimum absolute atomic E-state index is 0.0543. The maximum Gasteiger partial charge on any atom is 0.231 e. The molecule has 2 aromatic carbocycles. The minimum atomic E-state index is 0.0543. The molecule has 0 fully saturated rings. The Morgan fingerprint density at radius 3 is 2.33 bits per heavy atom. The highest BCUT2D eigenvalue weighted by Gasteiger charge is 2.16.